The lowest BCUT2D eigenvalue weighted by Crippen LogP contribution is -2.37. The number of aromatic hydroxyl groups is 1. The van der Waals surface area contributed by atoms with Gasteiger partial charge < -0.3 is 14.4 Å². The minimum absolute atomic E-state index is 0.0957. The SMILES string of the molecule is Cn1c(=O)c2c(-c3ccc(Cl)cc3)n3c(c2n(C)c1=O)[C@H](c1c(O)ccc2ccccc12)OCC3. The fourth-order valence-electron chi connectivity index (χ4n) is 5.27. The fraction of sp³-hybridized carbons (Fsp3) is 0.185. The Hall–Kier alpha value is -3.81. The van der Waals surface area contributed by atoms with Crippen molar-refractivity contribution in [2.45, 2.75) is 12.6 Å². The van der Waals surface area contributed by atoms with Crippen molar-refractivity contribution in [1.29, 1.82) is 0 Å². The van der Waals surface area contributed by atoms with Crippen LogP contribution in [0.15, 0.2) is 70.3 Å². The largest absolute Gasteiger partial charge is 0.508 e. The van der Waals surface area contributed by atoms with Crippen molar-refractivity contribution in [2.75, 3.05) is 6.61 Å². The number of phenolic OH excluding ortho intramolecular Hbond substituents is 1. The number of benzene rings is 3. The van der Waals surface area contributed by atoms with Crippen molar-refractivity contribution in [3.05, 3.63) is 97.8 Å². The quantitative estimate of drug-likeness (QED) is 0.402. The molecule has 35 heavy (non-hydrogen) atoms. The minimum Gasteiger partial charge on any atom is -0.508 e. The van der Waals surface area contributed by atoms with Crippen LogP contribution >= 0.6 is 11.6 Å². The Kier molecular flexibility index (Phi) is 4.88. The van der Waals surface area contributed by atoms with Gasteiger partial charge in [-0.3, -0.25) is 13.9 Å². The van der Waals surface area contributed by atoms with Crippen LogP contribution in [-0.2, 0) is 25.4 Å². The third-order valence-electron chi connectivity index (χ3n) is 6.88. The van der Waals surface area contributed by atoms with Gasteiger partial charge in [-0.25, -0.2) is 4.79 Å². The first-order valence-electron chi connectivity index (χ1n) is 11.3. The van der Waals surface area contributed by atoms with E-state index in [0.717, 1.165) is 20.9 Å². The Bertz CT molecular complexity index is 1760. The molecule has 1 aliphatic rings. The zero-order chi connectivity index (χ0) is 24.4. The van der Waals surface area contributed by atoms with Crippen molar-refractivity contribution >= 4 is 33.3 Å². The molecule has 6 rings (SSSR count). The van der Waals surface area contributed by atoms with Gasteiger partial charge in [-0.2, -0.15) is 0 Å². The van der Waals surface area contributed by atoms with Crippen LogP contribution in [0.3, 0.4) is 0 Å². The van der Waals surface area contributed by atoms with Gasteiger partial charge in [0.2, 0.25) is 0 Å². The summed E-state index contributed by atoms with van der Waals surface area (Å²) in [7, 11) is 3.14. The van der Waals surface area contributed by atoms with E-state index < -0.39 is 11.8 Å². The molecule has 0 radical (unpaired) electrons. The molecule has 0 aliphatic carbocycles. The van der Waals surface area contributed by atoms with Gasteiger partial charge in [-0.1, -0.05) is 54.1 Å². The molecule has 0 amide bonds. The fourth-order valence-corrected chi connectivity index (χ4v) is 5.39. The second kappa shape index (κ2) is 7.86. The molecule has 8 heteroatoms. The number of rotatable bonds is 2. The molecule has 0 spiro atoms. The van der Waals surface area contributed by atoms with Crippen LogP contribution in [0.5, 0.6) is 5.75 Å². The van der Waals surface area contributed by atoms with E-state index in [9.17, 15) is 14.7 Å². The van der Waals surface area contributed by atoms with Crippen molar-refractivity contribution in [2.24, 2.45) is 14.1 Å². The number of aryl methyl sites for hydroxylation is 1. The van der Waals surface area contributed by atoms with E-state index in [-0.39, 0.29) is 11.3 Å². The lowest BCUT2D eigenvalue weighted by Gasteiger charge is -2.29. The van der Waals surface area contributed by atoms with E-state index in [1.807, 2.05) is 47.0 Å². The van der Waals surface area contributed by atoms with Crippen LogP contribution < -0.4 is 11.2 Å². The van der Waals surface area contributed by atoms with Gasteiger partial charge in [0.1, 0.15) is 11.9 Å². The number of phenols is 1. The normalized spacial score (nSPS) is 15.6. The number of hydrogen-bond donors (Lipinski definition) is 1. The predicted octanol–water partition coefficient (Wildman–Crippen LogP) is 4.34. The van der Waals surface area contributed by atoms with E-state index in [0.29, 0.717) is 46.0 Å². The van der Waals surface area contributed by atoms with Gasteiger partial charge in [0.05, 0.1) is 28.9 Å². The van der Waals surface area contributed by atoms with Gasteiger partial charge in [0.15, 0.2) is 0 Å². The highest BCUT2D eigenvalue weighted by atomic mass is 35.5. The van der Waals surface area contributed by atoms with E-state index >= 15 is 0 Å². The highest BCUT2D eigenvalue weighted by Crippen LogP contribution is 2.44. The minimum atomic E-state index is -0.684. The zero-order valence-corrected chi connectivity index (χ0v) is 19.9. The van der Waals surface area contributed by atoms with Gasteiger partial charge in [0.25, 0.3) is 5.56 Å². The molecule has 0 saturated heterocycles. The van der Waals surface area contributed by atoms with Crippen molar-refractivity contribution in [1.82, 2.24) is 13.7 Å². The molecule has 0 fully saturated rings. The Morgan fingerprint density at radius 3 is 2.49 bits per heavy atom. The smallest absolute Gasteiger partial charge is 0.331 e. The summed E-state index contributed by atoms with van der Waals surface area (Å²) in [6.45, 7) is 0.859. The molecule has 0 saturated carbocycles. The Morgan fingerprint density at radius 2 is 1.71 bits per heavy atom. The summed E-state index contributed by atoms with van der Waals surface area (Å²) in [6, 6.07) is 18.6. The third kappa shape index (κ3) is 3.08. The lowest BCUT2D eigenvalue weighted by atomic mass is 9.96. The highest BCUT2D eigenvalue weighted by Gasteiger charge is 2.35. The van der Waals surface area contributed by atoms with Gasteiger partial charge in [0, 0.05) is 31.2 Å². The summed E-state index contributed by atoms with van der Waals surface area (Å²) in [6.07, 6.45) is -0.684. The van der Waals surface area contributed by atoms with Gasteiger partial charge >= 0.3 is 5.69 Å². The standard InChI is InChI=1S/C27H22ClN3O4/c1-29-23-21(26(33)30(2)27(29)34)22(16-7-10-17(28)11-8-16)31-13-14-35-25(24(23)31)20-18-6-4-3-5-15(18)9-12-19(20)32/h3-12,25,32H,13-14H2,1-2H3/t25-/m0/s1. The predicted molar refractivity (Wildman–Crippen MR) is 136 cm³/mol. The molecule has 0 unspecified atom stereocenters. The molecule has 3 heterocycles. The molecular formula is C27H22ClN3O4. The third-order valence-corrected chi connectivity index (χ3v) is 7.13. The van der Waals surface area contributed by atoms with E-state index in [2.05, 4.69) is 0 Å². The maximum absolute atomic E-state index is 13.5. The molecule has 7 nitrogen and oxygen atoms in total. The molecule has 2 aromatic heterocycles. The highest BCUT2D eigenvalue weighted by molar-refractivity contribution is 6.30. The number of fused-ring (bicyclic) bond motifs is 4. The maximum Gasteiger partial charge on any atom is 0.331 e. The van der Waals surface area contributed by atoms with Gasteiger partial charge in [-0.05, 0) is 34.5 Å². The number of hydrogen-bond acceptors (Lipinski definition) is 4. The van der Waals surface area contributed by atoms with E-state index in [1.165, 1.54) is 11.6 Å². The molecule has 3 aromatic carbocycles. The van der Waals surface area contributed by atoms with Gasteiger partial charge in [-0.15, -0.1) is 0 Å². The molecule has 0 bridgehead atoms. The van der Waals surface area contributed by atoms with E-state index in [4.69, 9.17) is 16.3 Å². The average molecular weight is 488 g/mol. The van der Waals surface area contributed by atoms with Crippen molar-refractivity contribution < 1.29 is 9.84 Å². The summed E-state index contributed by atoms with van der Waals surface area (Å²) in [5, 5.41) is 13.8. The van der Waals surface area contributed by atoms with Crippen LogP contribution in [0.25, 0.3) is 32.9 Å². The first-order valence-corrected chi connectivity index (χ1v) is 11.7. The van der Waals surface area contributed by atoms with Crippen LogP contribution in [0.4, 0.5) is 0 Å². The number of halogens is 1. The maximum atomic E-state index is 13.5. The first-order chi connectivity index (χ1) is 16.9. The summed E-state index contributed by atoms with van der Waals surface area (Å²) in [4.78, 5) is 26.5. The lowest BCUT2D eigenvalue weighted by molar-refractivity contribution is 0.0474. The monoisotopic (exact) mass is 487 g/mol. The molecule has 1 aliphatic heterocycles. The Morgan fingerprint density at radius 1 is 0.971 bits per heavy atom. The summed E-state index contributed by atoms with van der Waals surface area (Å²) in [5.74, 6) is 0.0957. The summed E-state index contributed by atoms with van der Waals surface area (Å²) in [5.41, 5.74) is 2.49. The summed E-state index contributed by atoms with van der Waals surface area (Å²) < 4.78 is 11.0. The van der Waals surface area contributed by atoms with Crippen LogP contribution in [-0.4, -0.2) is 25.4 Å². The van der Waals surface area contributed by atoms with Crippen LogP contribution in [0.2, 0.25) is 5.02 Å². The molecule has 1 N–H and O–H groups in total. The number of nitrogens with zero attached hydrogens (tertiary/aromatic N) is 3. The van der Waals surface area contributed by atoms with E-state index in [1.54, 1.807) is 25.2 Å². The molecule has 5 aromatic rings. The molecule has 176 valence electrons. The average Bonchev–Trinajstić information content (AvgIpc) is 3.22. The topological polar surface area (TPSA) is 78.4 Å². The van der Waals surface area contributed by atoms with Crippen molar-refractivity contribution in [3.63, 3.8) is 0 Å². The molecule has 1 atom stereocenters. The van der Waals surface area contributed by atoms with Crippen LogP contribution in [0, 0.1) is 0 Å². The summed E-state index contributed by atoms with van der Waals surface area (Å²) >= 11 is 6.15. The second-order valence-electron chi connectivity index (χ2n) is 8.79. The van der Waals surface area contributed by atoms with Crippen LogP contribution in [0.1, 0.15) is 17.4 Å². The zero-order valence-electron chi connectivity index (χ0n) is 19.2. The second-order valence-corrected chi connectivity index (χ2v) is 9.23. The first kappa shape index (κ1) is 21.7. The molecular weight excluding hydrogens is 466 g/mol. The van der Waals surface area contributed by atoms with Crippen molar-refractivity contribution in [3.8, 4) is 17.0 Å². The Labute approximate surface area is 205 Å². The Balaban J connectivity index is 1.79. The number of aromatic nitrogens is 3. The number of ether oxygens (including phenoxy) is 1.